The number of pyridine rings is 1. The summed E-state index contributed by atoms with van der Waals surface area (Å²) in [5.41, 5.74) is 7.95. The van der Waals surface area contributed by atoms with Crippen LogP contribution in [0.2, 0.25) is 0 Å². The van der Waals surface area contributed by atoms with Crippen molar-refractivity contribution in [3.8, 4) is 22.6 Å². The first-order valence-electron chi connectivity index (χ1n) is 9.56. The lowest BCUT2D eigenvalue weighted by atomic mass is 10.0. The van der Waals surface area contributed by atoms with Gasteiger partial charge in [0.1, 0.15) is 18.7 Å². The maximum atomic E-state index is 14.2. The highest BCUT2D eigenvalue weighted by Crippen LogP contribution is 2.39. The molecule has 3 rings (SSSR count). The number of benzene rings is 2. The van der Waals surface area contributed by atoms with E-state index in [0.29, 0.717) is 11.1 Å². The number of ether oxygens (including phenoxy) is 1. The molecule has 2 aromatic carbocycles. The molecule has 0 unspecified atom stereocenters. The van der Waals surface area contributed by atoms with E-state index in [-0.39, 0.29) is 28.3 Å². The van der Waals surface area contributed by atoms with Gasteiger partial charge in [-0.25, -0.2) is 8.78 Å². The van der Waals surface area contributed by atoms with Gasteiger partial charge in [-0.1, -0.05) is 24.0 Å². The van der Waals surface area contributed by atoms with E-state index >= 15 is 0 Å². The van der Waals surface area contributed by atoms with Crippen LogP contribution in [0, 0.1) is 11.6 Å². The fraction of sp³-hybridized carbons (Fsp3) is 0.182. The van der Waals surface area contributed by atoms with Crippen molar-refractivity contribution in [2.75, 3.05) is 23.3 Å². The highest BCUT2D eigenvalue weighted by molar-refractivity contribution is 8.00. The lowest BCUT2D eigenvalue weighted by Gasteiger charge is -2.17. The minimum Gasteiger partial charge on any atom is -0.454 e. The van der Waals surface area contributed by atoms with Crippen LogP contribution in [0.1, 0.15) is 12.5 Å². The van der Waals surface area contributed by atoms with Gasteiger partial charge in [0.05, 0.1) is 17.5 Å². The molecule has 0 saturated heterocycles. The predicted octanol–water partition coefficient (Wildman–Crippen LogP) is 4.77. The number of aromatic nitrogens is 1. The first-order chi connectivity index (χ1) is 15.3. The van der Waals surface area contributed by atoms with E-state index in [1.807, 2.05) is 6.92 Å². The standard InChI is InChI=1S/C22H22F2N4O3S/c1-4-32-27-14-6-8-19(31-20-7-5-13(23)9-18(20)24)15(10-14)17-12-28(2)22(29)16(21(17)25)11-26-30-3/h5-12,27H,4,25H2,1-3H3. The van der Waals surface area contributed by atoms with Crippen LogP contribution in [0.5, 0.6) is 11.5 Å². The molecular weight excluding hydrogens is 438 g/mol. The number of oxime groups is 1. The smallest absolute Gasteiger partial charge is 0.261 e. The molecule has 0 spiro atoms. The summed E-state index contributed by atoms with van der Waals surface area (Å²) < 4.78 is 37.9. The predicted molar refractivity (Wildman–Crippen MR) is 124 cm³/mol. The van der Waals surface area contributed by atoms with Gasteiger partial charge in [-0.05, 0) is 30.3 Å². The number of halogens is 2. The van der Waals surface area contributed by atoms with E-state index in [1.54, 1.807) is 31.4 Å². The number of nitrogens with zero attached hydrogens (tertiary/aromatic N) is 2. The van der Waals surface area contributed by atoms with Crippen LogP contribution < -0.4 is 20.8 Å². The van der Waals surface area contributed by atoms with Crippen LogP contribution >= 0.6 is 11.9 Å². The van der Waals surface area contributed by atoms with Crippen molar-refractivity contribution in [2.24, 2.45) is 12.2 Å². The van der Waals surface area contributed by atoms with Gasteiger partial charge in [0.15, 0.2) is 11.6 Å². The van der Waals surface area contributed by atoms with Gasteiger partial charge < -0.3 is 24.6 Å². The van der Waals surface area contributed by atoms with Crippen molar-refractivity contribution in [1.82, 2.24) is 4.57 Å². The average Bonchev–Trinajstić information content (AvgIpc) is 2.77. The van der Waals surface area contributed by atoms with Gasteiger partial charge in [-0.3, -0.25) is 4.79 Å². The number of anilines is 2. The molecule has 1 heterocycles. The van der Waals surface area contributed by atoms with Gasteiger partial charge in [0.2, 0.25) is 0 Å². The molecule has 0 aliphatic heterocycles. The minimum absolute atomic E-state index is 0.132. The summed E-state index contributed by atoms with van der Waals surface area (Å²) in [5.74, 6) is -0.617. The summed E-state index contributed by atoms with van der Waals surface area (Å²) in [6.45, 7) is 2.00. The summed E-state index contributed by atoms with van der Waals surface area (Å²) in [6, 6.07) is 8.22. The third kappa shape index (κ3) is 5.02. The van der Waals surface area contributed by atoms with Crippen molar-refractivity contribution < 1.29 is 18.4 Å². The van der Waals surface area contributed by atoms with Crippen molar-refractivity contribution in [2.45, 2.75) is 6.92 Å². The third-order valence-electron chi connectivity index (χ3n) is 4.46. The van der Waals surface area contributed by atoms with Crippen molar-refractivity contribution in [1.29, 1.82) is 0 Å². The SMILES string of the molecule is CCSNc1ccc(Oc2ccc(F)cc2F)c(-c2cn(C)c(=O)c(C=NOC)c2N)c1. The zero-order chi connectivity index (χ0) is 23.3. The molecule has 3 N–H and O–H groups in total. The zero-order valence-corrected chi connectivity index (χ0v) is 18.5. The largest absolute Gasteiger partial charge is 0.454 e. The summed E-state index contributed by atoms with van der Waals surface area (Å²) in [6.07, 6.45) is 2.79. The molecule has 168 valence electrons. The number of aryl methyl sites for hydroxylation is 1. The summed E-state index contributed by atoms with van der Waals surface area (Å²) in [5, 5.41) is 3.66. The molecule has 0 atom stereocenters. The van der Waals surface area contributed by atoms with Gasteiger partial charge in [0.25, 0.3) is 5.56 Å². The molecule has 0 aliphatic rings. The summed E-state index contributed by atoms with van der Waals surface area (Å²) in [4.78, 5) is 17.2. The fourth-order valence-electron chi connectivity index (χ4n) is 2.94. The number of nitrogens with one attached hydrogen (secondary N) is 1. The Morgan fingerprint density at radius 1 is 1.19 bits per heavy atom. The quantitative estimate of drug-likeness (QED) is 0.286. The van der Waals surface area contributed by atoms with E-state index in [0.717, 1.165) is 23.6 Å². The number of hydrogen-bond acceptors (Lipinski definition) is 7. The normalized spacial score (nSPS) is 11.0. The van der Waals surface area contributed by atoms with E-state index in [4.69, 9.17) is 10.5 Å². The molecule has 32 heavy (non-hydrogen) atoms. The number of nitrogens with two attached hydrogens (primary N) is 1. The second-order valence-electron chi connectivity index (χ2n) is 6.63. The summed E-state index contributed by atoms with van der Waals surface area (Å²) in [7, 11) is 2.93. The van der Waals surface area contributed by atoms with Gasteiger partial charge in [0, 0.05) is 41.9 Å². The second-order valence-corrected chi connectivity index (χ2v) is 7.70. The molecule has 10 heteroatoms. The zero-order valence-electron chi connectivity index (χ0n) is 17.7. The third-order valence-corrected chi connectivity index (χ3v) is 5.13. The molecule has 0 aliphatic carbocycles. The highest BCUT2D eigenvalue weighted by Gasteiger charge is 2.18. The van der Waals surface area contributed by atoms with E-state index in [1.165, 1.54) is 35.9 Å². The van der Waals surface area contributed by atoms with Crippen molar-refractivity contribution in [3.63, 3.8) is 0 Å². The van der Waals surface area contributed by atoms with Crippen molar-refractivity contribution in [3.05, 3.63) is 70.1 Å². The Morgan fingerprint density at radius 3 is 2.62 bits per heavy atom. The molecule has 0 radical (unpaired) electrons. The average molecular weight is 461 g/mol. The Labute approximate surface area is 188 Å². The maximum Gasteiger partial charge on any atom is 0.261 e. The maximum absolute atomic E-state index is 14.2. The van der Waals surface area contributed by atoms with E-state index in [9.17, 15) is 13.6 Å². The molecular formula is C22H22F2N4O3S. The first kappa shape index (κ1) is 23.1. The highest BCUT2D eigenvalue weighted by atomic mass is 32.2. The number of hydrogen-bond donors (Lipinski definition) is 2. The Hall–Kier alpha value is -3.53. The Balaban J connectivity index is 2.19. The molecule has 0 bridgehead atoms. The molecule has 3 aromatic rings. The van der Waals surface area contributed by atoms with E-state index < -0.39 is 11.6 Å². The van der Waals surface area contributed by atoms with Crippen molar-refractivity contribution >= 4 is 29.5 Å². The second kappa shape index (κ2) is 10.2. The van der Waals surface area contributed by atoms with Crippen LogP contribution in [0.4, 0.5) is 20.2 Å². The van der Waals surface area contributed by atoms with Crippen LogP contribution in [-0.2, 0) is 11.9 Å². The van der Waals surface area contributed by atoms with Gasteiger partial charge in [-0.15, -0.1) is 0 Å². The van der Waals surface area contributed by atoms with Crippen LogP contribution in [0.15, 0.2) is 52.5 Å². The fourth-order valence-corrected chi connectivity index (χ4v) is 3.38. The molecule has 1 aromatic heterocycles. The van der Waals surface area contributed by atoms with Crippen LogP contribution in [-0.4, -0.2) is 23.6 Å². The van der Waals surface area contributed by atoms with Gasteiger partial charge >= 0.3 is 0 Å². The Morgan fingerprint density at radius 2 is 1.94 bits per heavy atom. The Kier molecular flexibility index (Phi) is 7.37. The minimum atomic E-state index is -0.846. The topological polar surface area (TPSA) is 90.9 Å². The van der Waals surface area contributed by atoms with Crippen LogP contribution in [0.25, 0.3) is 11.1 Å². The number of nitrogen functional groups attached to an aromatic ring is 1. The lowest BCUT2D eigenvalue weighted by Crippen LogP contribution is -2.23. The number of rotatable bonds is 8. The molecule has 0 saturated carbocycles. The van der Waals surface area contributed by atoms with E-state index in [2.05, 4.69) is 14.7 Å². The first-order valence-corrected chi connectivity index (χ1v) is 10.5. The van der Waals surface area contributed by atoms with Crippen LogP contribution in [0.3, 0.4) is 0 Å². The molecule has 0 fully saturated rings. The monoisotopic (exact) mass is 460 g/mol. The lowest BCUT2D eigenvalue weighted by molar-refractivity contribution is 0.215. The summed E-state index contributed by atoms with van der Waals surface area (Å²) >= 11 is 1.49. The van der Waals surface area contributed by atoms with Gasteiger partial charge in [-0.2, -0.15) is 0 Å². The Bertz CT molecular complexity index is 1210. The molecule has 0 amide bonds. The molecule has 7 nitrogen and oxygen atoms in total.